The maximum Gasteiger partial charge on any atom is 0.0640 e. The molecule has 0 spiro atoms. The van der Waals surface area contributed by atoms with E-state index in [4.69, 9.17) is 0 Å². The van der Waals surface area contributed by atoms with E-state index >= 15 is 0 Å². The van der Waals surface area contributed by atoms with Crippen LogP contribution in [0.25, 0.3) is 0 Å². The molecule has 0 aliphatic heterocycles. The van der Waals surface area contributed by atoms with E-state index in [0.717, 1.165) is 19.4 Å². The summed E-state index contributed by atoms with van der Waals surface area (Å²) in [6, 6.07) is 3.16. The Kier molecular flexibility index (Phi) is 5.53. The van der Waals surface area contributed by atoms with Crippen molar-refractivity contribution in [2.75, 3.05) is 6.54 Å². The summed E-state index contributed by atoms with van der Waals surface area (Å²) in [5.41, 5.74) is 1.20. The van der Waals surface area contributed by atoms with Crippen LogP contribution in [0.2, 0.25) is 0 Å². The molecule has 0 saturated carbocycles. The minimum absolute atomic E-state index is 0.456. The minimum atomic E-state index is 0.456. The molecule has 0 saturated heterocycles. The minimum Gasteiger partial charge on any atom is -0.314 e. The number of hydrogen-bond acceptors (Lipinski definition) is 2. The zero-order valence-corrected chi connectivity index (χ0v) is 11.0. The number of aromatic nitrogens is 2. The smallest absolute Gasteiger partial charge is 0.0640 e. The Morgan fingerprint density at radius 1 is 1.38 bits per heavy atom. The van der Waals surface area contributed by atoms with Crippen LogP contribution in [0.15, 0.2) is 12.3 Å². The highest BCUT2D eigenvalue weighted by molar-refractivity contribution is 5.02. The van der Waals surface area contributed by atoms with E-state index in [1.807, 2.05) is 4.68 Å². The van der Waals surface area contributed by atoms with Crippen molar-refractivity contribution in [3.05, 3.63) is 18.0 Å². The first kappa shape index (κ1) is 13.2. The molecule has 1 atom stereocenters. The quantitative estimate of drug-likeness (QED) is 0.770. The second-order valence-electron chi connectivity index (χ2n) is 4.64. The summed E-state index contributed by atoms with van der Waals surface area (Å²) in [4.78, 5) is 0. The molecule has 92 valence electrons. The van der Waals surface area contributed by atoms with Gasteiger partial charge in [-0.15, -0.1) is 0 Å². The highest BCUT2D eigenvalue weighted by Gasteiger charge is 2.09. The fourth-order valence-corrected chi connectivity index (χ4v) is 1.74. The van der Waals surface area contributed by atoms with Gasteiger partial charge in [0, 0.05) is 24.7 Å². The van der Waals surface area contributed by atoms with Crippen molar-refractivity contribution in [3.8, 4) is 0 Å². The molecular weight excluding hydrogens is 198 g/mol. The second kappa shape index (κ2) is 6.69. The molecule has 1 unspecified atom stereocenters. The first-order chi connectivity index (χ1) is 7.67. The molecule has 0 amide bonds. The van der Waals surface area contributed by atoms with Gasteiger partial charge in [0.15, 0.2) is 0 Å². The van der Waals surface area contributed by atoms with Gasteiger partial charge in [-0.05, 0) is 39.3 Å². The topological polar surface area (TPSA) is 29.9 Å². The van der Waals surface area contributed by atoms with Gasteiger partial charge in [-0.25, -0.2) is 0 Å². The Bertz CT molecular complexity index is 291. The van der Waals surface area contributed by atoms with Gasteiger partial charge >= 0.3 is 0 Å². The van der Waals surface area contributed by atoms with E-state index in [-0.39, 0.29) is 0 Å². The third-order valence-electron chi connectivity index (χ3n) is 2.82. The van der Waals surface area contributed by atoms with Crippen molar-refractivity contribution in [1.29, 1.82) is 0 Å². The molecular formula is C13H25N3. The number of nitrogens with zero attached hydrogens (tertiary/aromatic N) is 2. The van der Waals surface area contributed by atoms with Gasteiger partial charge in [-0.2, -0.15) is 5.10 Å². The zero-order chi connectivity index (χ0) is 12.0. The average molecular weight is 223 g/mol. The average Bonchev–Trinajstić information content (AvgIpc) is 2.72. The Labute approximate surface area is 99.2 Å². The first-order valence-corrected chi connectivity index (χ1v) is 6.44. The highest BCUT2D eigenvalue weighted by atomic mass is 15.3. The molecule has 0 aliphatic rings. The van der Waals surface area contributed by atoms with Crippen molar-refractivity contribution in [2.24, 2.45) is 0 Å². The van der Waals surface area contributed by atoms with Crippen LogP contribution >= 0.6 is 0 Å². The molecule has 1 aromatic rings. The summed E-state index contributed by atoms with van der Waals surface area (Å²) in [6.45, 7) is 9.84. The van der Waals surface area contributed by atoms with Gasteiger partial charge in [0.1, 0.15) is 0 Å². The molecule has 0 bridgehead atoms. The van der Waals surface area contributed by atoms with Crippen molar-refractivity contribution in [2.45, 2.75) is 59.0 Å². The molecule has 0 fully saturated rings. The van der Waals surface area contributed by atoms with E-state index in [1.54, 1.807) is 0 Å². The first-order valence-electron chi connectivity index (χ1n) is 6.44. The highest BCUT2D eigenvalue weighted by Crippen LogP contribution is 2.07. The number of rotatable bonds is 7. The summed E-state index contributed by atoms with van der Waals surface area (Å²) in [6.07, 6.45) is 5.47. The molecule has 0 aromatic carbocycles. The van der Waals surface area contributed by atoms with Gasteiger partial charge in [0.05, 0.1) is 5.69 Å². The van der Waals surface area contributed by atoms with Crippen molar-refractivity contribution >= 4 is 0 Å². The molecule has 16 heavy (non-hydrogen) atoms. The fraction of sp³-hybridized carbons (Fsp3) is 0.769. The van der Waals surface area contributed by atoms with Gasteiger partial charge in [-0.3, -0.25) is 4.68 Å². The van der Waals surface area contributed by atoms with Crippen LogP contribution in [0.5, 0.6) is 0 Å². The lowest BCUT2D eigenvalue weighted by Crippen LogP contribution is -2.31. The molecule has 3 heteroatoms. The lowest BCUT2D eigenvalue weighted by molar-refractivity contribution is 0.478. The Hall–Kier alpha value is -0.830. The van der Waals surface area contributed by atoms with Crippen LogP contribution in [0.3, 0.4) is 0 Å². The largest absolute Gasteiger partial charge is 0.314 e. The van der Waals surface area contributed by atoms with E-state index in [2.05, 4.69) is 50.4 Å². The zero-order valence-electron chi connectivity index (χ0n) is 11.0. The Morgan fingerprint density at radius 2 is 2.12 bits per heavy atom. The van der Waals surface area contributed by atoms with E-state index in [0.29, 0.717) is 12.1 Å². The van der Waals surface area contributed by atoms with Gasteiger partial charge in [0.25, 0.3) is 0 Å². The molecule has 1 heterocycles. The third-order valence-corrected chi connectivity index (χ3v) is 2.82. The van der Waals surface area contributed by atoms with Crippen LogP contribution < -0.4 is 5.32 Å². The predicted octanol–water partition coefficient (Wildman–Crippen LogP) is 2.78. The van der Waals surface area contributed by atoms with E-state index in [1.165, 1.54) is 12.1 Å². The second-order valence-corrected chi connectivity index (χ2v) is 4.64. The Morgan fingerprint density at radius 3 is 2.62 bits per heavy atom. The van der Waals surface area contributed by atoms with Crippen LogP contribution in [-0.2, 0) is 6.42 Å². The van der Waals surface area contributed by atoms with Crippen LogP contribution in [0, 0.1) is 0 Å². The lowest BCUT2D eigenvalue weighted by atomic mass is 10.1. The van der Waals surface area contributed by atoms with Gasteiger partial charge < -0.3 is 5.32 Å². The summed E-state index contributed by atoms with van der Waals surface area (Å²) in [7, 11) is 0. The SMILES string of the molecule is CCCNC(CC)Cc1ccn(C(C)C)n1. The number of hydrogen-bond donors (Lipinski definition) is 1. The van der Waals surface area contributed by atoms with Crippen molar-refractivity contribution in [3.63, 3.8) is 0 Å². The molecule has 1 rings (SSSR count). The summed E-state index contributed by atoms with van der Waals surface area (Å²) < 4.78 is 2.03. The lowest BCUT2D eigenvalue weighted by Gasteiger charge is -2.15. The van der Waals surface area contributed by atoms with Crippen LogP contribution in [0.4, 0.5) is 0 Å². The van der Waals surface area contributed by atoms with Crippen molar-refractivity contribution < 1.29 is 0 Å². The van der Waals surface area contributed by atoms with Gasteiger partial charge in [-0.1, -0.05) is 13.8 Å². The maximum absolute atomic E-state index is 4.58. The molecule has 0 radical (unpaired) electrons. The molecule has 0 aliphatic carbocycles. The van der Waals surface area contributed by atoms with Crippen LogP contribution in [0.1, 0.15) is 52.3 Å². The summed E-state index contributed by atoms with van der Waals surface area (Å²) in [5.74, 6) is 0. The monoisotopic (exact) mass is 223 g/mol. The molecule has 1 aromatic heterocycles. The van der Waals surface area contributed by atoms with E-state index < -0.39 is 0 Å². The van der Waals surface area contributed by atoms with Gasteiger partial charge in [0.2, 0.25) is 0 Å². The summed E-state index contributed by atoms with van der Waals surface area (Å²) >= 11 is 0. The van der Waals surface area contributed by atoms with Crippen molar-refractivity contribution in [1.82, 2.24) is 15.1 Å². The predicted molar refractivity (Wildman–Crippen MR) is 68.7 cm³/mol. The summed E-state index contributed by atoms with van der Waals surface area (Å²) in [5, 5.41) is 8.14. The molecule has 1 N–H and O–H groups in total. The standard InChI is InChI=1S/C13H25N3/c1-5-8-14-12(6-2)10-13-7-9-16(15-13)11(3)4/h7,9,11-12,14H,5-6,8,10H2,1-4H3. The number of nitrogens with one attached hydrogen (secondary N) is 1. The maximum atomic E-state index is 4.58. The fourth-order valence-electron chi connectivity index (χ4n) is 1.74. The third kappa shape index (κ3) is 3.97. The Balaban J connectivity index is 2.49. The van der Waals surface area contributed by atoms with Crippen LogP contribution in [-0.4, -0.2) is 22.4 Å². The normalized spacial score (nSPS) is 13.3. The van der Waals surface area contributed by atoms with E-state index in [9.17, 15) is 0 Å². The molecule has 3 nitrogen and oxygen atoms in total.